The van der Waals surface area contributed by atoms with Crippen molar-refractivity contribution in [1.82, 2.24) is 4.57 Å². The maximum absolute atomic E-state index is 12.4. The highest BCUT2D eigenvalue weighted by molar-refractivity contribution is 9.10. The molecule has 0 saturated carbocycles. The molecule has 1 heterocycles. The summed E-state index contributed by atoms with van der Waals surface area (Å²) < 4.78 is 7.76. The van der Waals surface area contributed by atoms with E-state index in [0.717, 1.165) is 9.99 Å². The Bertz CT molecular complexity index is 719. The van der Waals surface area contributed by atoms with Crippen molar-refractivity contribution in [3.8, 4) is 0 Å². The van der Waals surface area contributed by atoms with Gasteiger partial charge in [-0.1, -0.05) is 15.9 Å². The number of rotatable bonds is 3. The normalized spacial score (nSPS) is 11.1. The van der Waals surface area contributed by atoms with Gasteiger partial charge in [-0.05, 0) is 39.0 Å². The molecule has 2 rings (SSSR count). The summed E-state index contributed by atoms with van der Waals surface area (Å²) in [6, 6.07) is 5.53. The molecule has 0 amide bonds. The first kappa shape index (κ1) is 14.8. The number of carbonyl (C=O) groups excluding carboxylic acids is 1. The Morgan fingerprint density at radius 2 is 2.10 bits per heavy atom. The van der Waals surface area contributed by atoms with E-state index in [4.69, 9.17) is 4.74 Å². The first-order valence-corrected chi connectivity index (χ1v) is 7.26. The Balaban J connectivity index is 2.80. The second-order valence-corrected chi connectivity index (χ2v) is 5.67. The minimum atomic E-state index is -0.572. The molecule has 0 aliphatic rings. The average molecular weight is 338 g/mol. The van der Waals surface area contributed by atoms with Gasteiger partial charge >= 0.3 is 5.97 Å². The van der Waals surface area contributed by atoms with Crippen molar-refractivity contribution in [2.75, 3.05) is 6.61 Å². The summed E-state index contributed by atoms with van der Waals surface area (Å²) in [7, 11) is 0. The van der Waals surface area contributed by atoms with E-state index in [-0.39, 0.29) is 23.6 Å². The molecule has 0 unspecified atom stereocenters. The molecule has 5 heteroatoms. The van der Waals surface area contributed by atoms with Gasteiger partial charge in [-0.15, -0.1) is 0 Å². The lowest BCUT2D eigenvalue weighted by molar-refractivity contribution is 0.0524. The van der Waals surface area contributed by atoms with Gasteiger partial charge in [0.05, 0.1) is 12.1 Å². The number of pyridine rings is 1. The Morgan fingerprint density at radius 1 is 1.40 bits per heavy atom. The number of hydrogen-bond acceptors (Lipinski definition) is 3. The first-order chi connectivity index (χ1) is 9.45. The molecule has 0 radical (unpaired) electrons. The molecule has 0 atom stereocenters. The molecule has 1 aromatic carbocycles. The molecule has 0 fully saturated rings. The third-order valence-corrected chi connectivity index (χ3v) is 3.54. The van der Waals surface area contributed by atoms with Crippen LogP contribution < -0.4 is 5.43 Å². The number of nitrogens with zero attached hydrogens (tertiary/aromatic N) is 1. The minimum Gasteiger partial charge on any atom is -0.462 e. The van der Waals surface area contributed by atoms with E-state index >= 15 is 0 Å². The highest BCUT2D eigenvalue weighted by Gasteiger charge is 2.17. The fourth-order valence-corrected chi connectivity index (χ4v) is 2.45. The number of ether oxygens (including phenoxy) is 1. The lowest BCUT2D eigenvalue weighted by Crippen LogP contribution is -2.21. The van der Waals surface area contributed by atoms with Crippen LogP contribution in [-0.4, -0.2) is 17.1 Å². The largest absolute Gasteiger partial charge is 0.462 e. The van der Waals surface area contributed by atoms with Crippen LogP contribution in [-0.2, 0) is 4.74 Å². The molecule has 4 nitrogen and oxygen atoms in total. The number of benzene rings is 1. The average Bonchev–Trinajstić information content (AvgIpc) is 2.38. The van der Waals surface area contributed by atoms with Gasteiger partial charge < -0.3 is 9.30 Å². The van der Waals surface area contributed by atoms with Gasteiger partial charge in [0.15, 0.2) is 0 Å². The van der Waals surface area contributed by atoms with Crippen LogP contribution in [0.5, 0.6) is 0 Å². The van der Waals surface area contributed by atoms with Crippen molar-refractivity contribution in [2.45, 2.75) is 26.8 Å². The van der Waals surface area contributed by atoms with Crippen LogP contribution in [0.2, 0.25) is 0 Å². The molecule has 106 valence electrons. The van der Waals surface area contributed by atoms with Gasteiger partial charge in [0.1, 0.15) is 5.56 Å². The molecule has 0 bridgehead atoms. The molecular weight excluding hydrogens is 322 g/mol. The quantitative estimate of drug-likeness (QED) is 0.805. The number of hydrogen-bond donors (Lipinski definition) is 0. The Kier molecular flexibility index (Phi) is 4.28. The zero-order valence-electron chi connectivity index (χ0n) is 11.6. The number of aromatic nitrogens is 1. The maximum Gasteiger partial charge on any atom is 0.343 e. The fourth-order valence-electron chi connectivity index (χ4n) is 2.10. The maximum atomic E-state index is 12.4. The van der Waals surface area contributed by atoms with Gasteiger partial charge in [0, 0.05) is 22.1 Å². The second kappa shape index (κ2) is 5.79. The molecular formula is C15H16BrNO3. The molecule has 20 heavy (non-hydrogen) atoms. The topological polar surface area (TPSA) is 48.3 Å². The highest BCUT2D eigenvalue weighted by atomic mass is 79.9. The lowest BCUT2D eigenvalue weighted by atomic mass is 10.1. The summed E-state index contributed by atoms with van der Waals surface area (Å²) in [5, 5.41) is 0.521. The van der Waals surface area contributed by atoms with Crippen molar-refractivity contribution in [2.24, 2.45) is 0 Å². The SMILES string of the molecule is CCOC(=O)c1cn(C(C)C)c2cc(Br)ccc2c1=O. The Hall–Kier alpha value is -1.62. The lowest BCUT2D eigenvalue weighted by Gasteiger charge is -2.16. The van der Waals surface area contributed by atoms with Crippen molar-refractivity contribution in [1.29, 1.82) is 0 Å². The third kappa shape index (κ3) is 2.63. The molecule has 0 spiro atoms. The summed E-state index contributed by atoms with van der Waals surface area (Å²) in [6.45, 7) is 5.97. The second-order valence-electron chi connectivity index (χ2n) is 4.75. The minimum absolute atomic E-state index is 0.0790. The van der Waals surface area contributed by atoms with E-state index in [1.165, 1.54) is 0 Å². The number of carbonyl (C=O) groups is 1. The zero-order valence-corrected chi connectivity index (χ0v) is 13.2. The smallest absolute Gasteiger partial charge is 0.343 e. The summed E-state index contributed by atoms with van der Waals surface area (Å²) in [5.74, 6) is -0.572. The predicted molar refractivity (Wildman–Crippen MR) is 82.2 cm³/mol. The Morgan fingerprint density at radius 3 is 2.70 bits per heavy atom. The molecule has 0 saturated heterocycles. The zero-order chi connectivity index (χ0) is 14.9. The number of esters is 1. The van der Waals surface area contributed by atoms with Crippen LogP contribution in [0.15, 0.2) is 33.7 Å². The van der Waals surface area contributed by atoms with E-state index in [1.54, 1.807) is 25.3 Å². The van der Waals surface area contributed by atoms with Crippen LogP contribution in [0.1, 0.15) is 37.2 Å². The highest BCUT2D eigenvalue weighted by Crippen LogP contribution is 2.21. The van der Waals surface area contributed by atoms with Gasteiger partial charge in [-0.25, -0.2) is 4.79 Å². The summed E-state index contributed by atoms with van der Waals surface area (Å²) in [6.07, 6.45) is 1.58. The van der Waals surface area contributed by atoms with Crippen LogP contribution in [0, 0.1) is 0 Å². The summed E-state index contributed by atoms with van der Waals surface area (Å²) >= 11 is 3.41. The van der Waals surface area contributed by atoms with Gasteiger partial charge in [0.2, 0.25) is 5.43 Å². The molecule has 0 aliphatic carbocycles. The third-order valence-electron chi connectivity index (χ3n) is 3.05. The molecule has 0 N–H and O–H groups in total. The van der Waals surface area contributed by atoms with E-state index < -0.39 is 5.97 Å². The van der Waals surface area contributed by atoms with Crippen LogP contribution in [0.3, 0.4) is 0 Å². The van der Waals surface area contributed by atoms with E-state index in [9.17, 15) is 9.59 Å². The van der Waals surface area contributed by atoms with Crippen LogP contribution >= 0.6 is 15.9 Å². The van der Waals surface area contributed by atoms with Crippen molar-refractivity contribution < 1.29 is 9.53 Å². The monoisotopic (exact) mass is 337 g/mol. The van der Waals surface area contributed by atoms with Gasteiger partial charge in [0.25, 0.3) is 0 Å². The van der Waals surface area contributed by atoms with E-state index in [1.807, 2.05) is 24.5 Å². The van der Waals surface area contributed by atoms with Crippen molar-refractivity contribution in [3.63, 3.8) is 0 Å². The molecule has 1 aromatic heterocycles. The molecule has 2 aromatic rings. The van der Waals surface area contributed by atoms with E-state index in [0.29, 0.717) is 5.39 Å². The van der Waals surface area contributed by atoms with Gasteiger partial charge in [-0.3, -0.25) is 4.79 Å². The standard InChI is InChI=1S/C15H16BrNO3/c1-4-20-15(19)12-8-17(9(2)3)13-7-10(16)5-6-11(13)14(12)18/h5-9H,4H2,1-3H3. The first-order valence-electron chi connectivity index (χ1n) is 6.47. The van der Waals surface area contributed by atoms with Crippen LogP contribution in [0.4, 0.5) is 0 Å². The summed E-state index contributed by atoms with van der Waals surface area (Å²) in [4.78, 5) is 24.3. The fraction of sp³-hybridized carbons (Fsp3) is 0.333. The number of halogens is 1. The van der Waals surface area contributed by atoms with Crippen molar-refractivity contribution >= 4 is 32.8 Å². The van der Waals surface area contributed by atoms with Crippen molar-refractivity contribution in [3.05, 3.63) is 44.7 Å². The van der Waals surface area contributed by atoms with Crippen LogP contribution in [0.25, 0.3) is 10.9 Å². The summed E-state index contributed by atoms with van der Waals surface area (Å²) in [5.41, 5.74) is 0.589. The predicted octanol–water partition coefficient (Wildman–Crippen LogP) is 3.52. The molecule has 0 aliphatic heterocycles. The van der Waals surface area contributed by atoms with E-state index in [2.05, 4.69) is 15.9 Å². The van der Waals surface area contributed by atoms with Gasteiger partial charge in [-0.2, -0.15) is 0 Å². The number of fused-ring (bicyclic) bond motifs is 1. The Labute approximate surface area is 125 Å².